The van der Waals surface area contributed by atoms with E-state index >= 15 is 0 Å². The SMILES string of the molecule is [2H]c1c([2H])c([2H])c(-c2cc(N3c4cc(C)cc5c4B(c4oc6ccc(C(C)(C)C)cc6c43)c3c(sc4c3C(C)(C)CCC4(C)C)N5c3ccc(C(C)(C)C)cc3-c3ccc(C(C)(C)C)cc3)c([2H])c(-c3c([2H])c([2H])c([2H])c([2H])c3[2H])c2[2H])c([2H])c1[2H]. The van der Waals surface area contributed by atoms with E-state index in [4.69, 9.17) is 12.6 Å². The summed E-state index contributed by atoms with van der Waals surface area (Å²) in [5, 5.41) is 1.79. The van der Waals surface area contributed by atoms with Crippen LogP contribution in [0.1, 0.15) is 152 Å². The lowest BCUT2D eigenvalue weighted by Crippen LogP contribution is -2.62. The summed E-state index contributed by atoms with van der Waals surface area (Å²) in [7, 11) is 0. The summed E-state index contributed by atoms with van der Waals surface area (Å²) in [4.78, 5) is 5.69. The fraction of sp³-hybridized carbons (Fsp3) is 0.304. The first-order valence-corrected chi connectivity index (χ1v) is 26.8. The van der Waals surface area contributed by atoms with Crippen LogP contribution in [0.25, 0.3) is 44.3 Å². The Balaban J connectivity index is 1.28. The zero-order valence-corrected chi connectivity index (χ0v) is 46.0. The number of nitrogens with zero attached hydrogens (tertiary/aromatic N) is 2. The first-order valence-electron chi connectivity index (χ1n) is 32.0. The van der Waals surface area contributed by atoms with Gasteiger partial charge in [0, 0.05) is 32.9 Å². The molecule has 0 radical (unpaired) electrons. The molecular formula is C69H71BN2OS. The molecule has 3 aliphatic rings. The Morgan fingerprint density at radius 3 is 1.76 bits per heavy atom. The Morgan fingerprint density at radius 2 is 1.12 bits per heavy atom. The van der Waals surface area contributed by atoms with Crippen molar-refractivity contribution in [1.82, 2.24) is 0 Å². The lowest BCUT2D eigenvalue weighted by Gasteiger charge is -2.44. The van der Waals surface area contributed by atoms with Crippen molar-refractivity contribution < 1.29 is 20.9 Å². The fourth-order valence-electron chi connectivity index (χ4n) is 11.6. The fourth-order valence-corrected chi connectivity index (χ4v) is 13.3. The third kappa shape index (κ3) is 7.82. The highest BCUT2D eigenvalue weighted by atomic mass is 32.1. The molecule has 2 aromatic heterocycles. The highest BCUT2D eigenvalue weighted by Crippen LogP contribution is 2.57. The quantitative estimate of drug-likeness (QED) is 0.160. The topological polar surface area (TPSA) is 19.6 Å². The van der Waals surface area contributed by atoms with E-state index in [1.165, 1.54) is 27.6 Å². The molecule has 0 amide bonds. The van der Waals surface area contributed by atoms with Crippen LogP contribution >= 0.6 is 11.3 Å². The van der Waals surface area contributed by atoms with Gasteiger partial charge in [-0.05, 0) is 168 Å². The third-order valence-corrected chi connectivity index (χ3v) is 17.5. The maximum Gasteiger partial charge on any atom is 0.298 e. The molecule has 9 aromatic rings. The van der Waals surface area contributed by atoms with Crippen molar-refractivity contribution in [3.05, 3.63) is 184 Å². The predicted molar refractivity (Wildman–Crippen MR) is 321 cm³/mol. The minimum absolute atomic E-state index is 0.0706. The van der Waals surface area contributed by atoms with Crippen LogP contribution in [0.2, 0.25) is 0 Å². The number of fused-ring (bicyclic) bond motifs is 8. The number of rotatable bonds is 5. The summed E-state index contributed by atoms with van der Waals surface area (Å²) >= 11 is 1.85. The van der Waals surface area contributed by atoms with Crippen LogP contribution in [0.3, 0.4) is 0 Å². The van der Waals surface area contributed by atoms with Crippen molar-refractivity contribution >= 4 is 79.0 Å². The standard InChI is InChI=1S/C69H71BN2OS/c1-42-35-55-59-56(36-42)72(54-31-29-49(66(5,6)7)40-52(54)45-25-27-48(28-26-45)65(2,3)4)64-60(58-62(74-64)69(13,14)34-33-68(58,11)12)70(59)63-61(53-41-50(67(8,9)10)30-32-57(53)73-63)71(55)51-38-46(43-21-17-15-18-22-43)37-47(39-51)44-23-19-16-20-24-44/h15-32,35-41H,33-34H2,1-14H3/i15D,16D,17D,18D,19D,20D,21D,22D,23D,24D,37D,38D. The zero-order valence-electron chi connectivity index (χ0n) is 57.2. The van der Waals surface area contributed by atoms with Crippen molar-refractivity contribution in [3.63, 3.8) is 0 Å². The van der Waals surface area contributed by atoms with Crippen molar-refractivity contribution in [1.29, 1.82) is 0 Å². The van der Waals surface area contributed by atoms with Gasteiger partial charge in [-0.2, -0.15) is 0 Å². The van der Waals surface area contributed by atoms with Gasteiger partial charge in [-0.1, -0.05) is 187 Å². The second-order valence-electron chi connectivity index (χ2n) is 25.3. The van der Waals surface area contributed by atoms with E-state index < -0.39 is 78.7 Å². The molecule has 7 aromatic carbocycles. The van der Waals surface area contributed by atoms with E-state index in [1.807, 2.05) is 29.2 Å². The van der Waals surface area contributed by atoms with Gasteiger partial charge in [-0.25, -0.2) is 0 Å². The summed E-state index contributed by atoms with van der Waals surface area (Å²) < 4.78 is 118. The van der Waals surface area contributed by atoms with Gasteiger partial charge in [0.05, 0.1) is 38.5 Å². The van der Waals surface area contributed by atoms with Crippen LogP contribution in [0.4, 0.5) is 33.4 Å². The molecule has 0 saturated heterocycles. The number of hydrogen-bond acceptors (Lipinski definition) is 4. The second-order valence-corrected chi connectivity index (χ2v) is 26.3. The predicted octanol–water partition coefficient (Wildman–Crippen LogP) is 18.1. The first-order chi connectivity index (χ1) is 40.0. The van der Waals surface area contributed by atoms with E-state index in [0.717, 1.165) is 67.8 Å². The average molecular weight is 999 g/mol. The monoisotopic (exact) mass is 999 g/mol. The van der Waals surface area contributed by atoms with Crippen LogP contribution < -0.4 is 26.4 Å². The molecule has 0 bridgehead atoms. The van der Waals surface area contributed by atoms with E-state index in [2.05, 4.69) is 162 Å². The Bertz CT molecular complexity index is 4370. The Labute approximate surface area is 462 Å². The number of anilines is 6. The molecular weight excluding hydrogens is 916 g/mol. The largest absolute Gasteiger partial charge is 0.468 e. The minimum Gasteiger partial charge on any atom is -0.468 e. The molecule has 372 valence electrons. The molecule has 0 fully saturated rings. The molecule has 4 heterocycles. The molecule has 0 saturated carbocycles. The highest BCUT2D eigenvalue weighted by molar-refractivity contribution is 7.20. The smallest absolute Gasteiger partial charge is 0.298 e. The Kier molecular flexibility index (Phi) is 8.23. The van der Waals surface area contributed by atoms with Gasteiger partial charge in [0.2, 0.25) is 0 Å². The van der Waals surface area contributed by atoms with Gasteiger partial charge in [-0.15, -0.1) is 11.3 Å². The summed E-state index contributed by atoms with van der Waals surface area (Å²) in [5.74, 6) is 0. The highest BCUT2D eigenvalue weighted by Gasteiger charge is 2.53. The molecule has 12 rings (SSSR count). The molecule has 74 heavy (non-hydrogen) atoms. The van der Waals surface area contributed by atoms with Crippen LogP contribution in [-0.2, 0) is 27.1 Å². The van der Waals surface area contributed by atoms with Crippen LogP contribution in [-0.4, -0.2) is 6.71 Å². The molecule has 5 heteroatoms. The maximum atomic E-state index is 10.6. The van der Waals surface area contributed by atoms with Crippen molar-refractivity contribution in [3.8, 4) is 33.4 Å². The van der Waals surface area contributed by atoms with Crippen molar-refractivity contribution in [2.24, 2.45) is 0 Å². The Hall–Kier alpha value is -6.56. The summed E-state index contributed by atoms with van der Waals surface area (Å²) in [5.41, 5.74) is 11.5. The van der Waals surface area contributed by atoms with Crippen LogP contribution in [0.5, 0.6) is 0 Å². The number of aryl methyl sites for hydroxylation is 1. The molecule has 0 atom stereocenters. The number of thiophene rings is 1. The number of benzene rings is 7. The number of hydrogen-bond donors (Lipinski definition) is 0. The zero-order chi connectivity index (χ0) is 62.5. The minimum atomic E-state index is -0.679. The summed E-state index contributed by atoms with van der Waals surface area (Å²) in [6.07, 6.45) is 1.90. The van der Waals surface area contributed by atoms with Gasteiger partial charge in [0.15, 0.2) is 0 Å². The van der Waals surface area contributed by atoms with Gasteiger partial charge >= 0.3 is 0 Å². The van der Waals surface area contributed by atoms with E-state index in [1.54, 1.807) is 0 Å². The van der Waals surface area contributed by atoms with Crippen molar-refractivity contribution in [2.75, 3.05) is 9.80 Å². The van der Waals surface area contributed by atoms with Gasteiger partial charge < -0.3 is 14.2 Å². The third-order valence-electron chi connectivity index (χ3n) is 15.9. The van der Waals surface area contributed by atoms with Gasteiger partial charge in [0.25, 0.3) is 6.71 Å². The van der Waals surface area contributed by atoms with Gasteiger partial charge in [0.1, 0.15) is 5.58 Å². The molecule has 2 aliphatic heterocycles. The average Bonchev–Trinajstić information content (AvgIpc) is 1.40. The summed E-state index contributed by atoms with van der Waals surface area (Å²) in [6.45, 7) is 30.7. The normalized spacial score (nSPS) is 18.0. The maximum absolute atomic E-state index is 10.6. The van der Waals surface area contributed by atoms with E-state index in [0.29, 0.717) is 22.6 Å². The van der Waals surface area contributed by atoms with Crippen LogP contribution in [0, 0.1) is 6.92 Å². The van der Waals surface area contributed by atoms with E-state index in [9.17, 15) is 8.22 Å². The Morgan fingerprint density at radius 1 is 0.554 bits per heavy atom. The molecule has 0 spiro atoms. The molecule has 0 unspecified atom stereocenters. The van der Waals surface area contributed by atoms with Crippen molar-refractivity contribution in [2.45, 2.75) is 137 Å². The lowest BCUT2D eigenvalue weighted by molar-refractivity contribution is 0.340. The van der Waals surface area contributed by atoms with Gasteiger partial charge in [-0.3, -0.25) is 0 Å². The first kappa shape index (κ1) is 36.4. The molecule has 1 aliphatic carbocycles. The summed E-state index contributed by atoms with van der Waals surface area (Å²) in [6, 6.07) is 20.4. The lowest BCUT2D eigenvalue weighted by atomic mass is 9.34. The molecule has 0 N–H and O–H groups in total. The van der Waals surface area contributed by atoms with E-state index in [-0.39, 0.29) is 55.5 Å². The number of furan rings is 1. The van der Waals surface area contributed by atoms with Crippen LogP contribution in [0.15, 0.2) is 156 Å². The second kappa shape index (κ2) is 16.7. The molecule has 3 nitrogen and oxygen atoms in total.